The summed E-state index contributed by atoms with van der Waals surface area (Å²) in [6, 6.07) is 9.05. The van der Waals surface area contributed by atoms with Crippen LogP contribution in [0.3, 0.4) is 0 Å². The number of hydrogen-bond acceptors (Lipinski definition) is 3. The van der Waals surface area contributed by atoms with E-state index in [0.29, 0.717) is 6.04 Å². The monoisotopic (exact) mass is 311 g/mol. The molecule has 1 saturated heterocycles. The number of benzene rings is 1. The molecule has 1 aromatic carbocycles. The van der Waals surface area contributed by atoms with E-state index in [1.165, 1.54) is 16.6 Å². The number of hydrogen-bond donors (Lipinski definition) is 1. The van der Waals surface area contributed by atoms with Crippen molar-refractivity contribution in [3.63, 3.8) is 0 Å². The molecule has 18 heavy (non-hydrogen) atoms. The van der Waals surface area contributed by atoms with Crippen molar-refractivity contribution in [1.29, 1.82) is 0 Å². The Morgan fingerprint density at radius 2 is 2.17 bits per heavy atom. The van der Waals surface area contributed by atoms with E-state index in [1.807, 2.05) is 0 Å². The summed E-state index contributed by atoms with van der Waals surface area (Å²) in [7, 11) is 4.28. The molecule has 1 aliphatic rings. The minimum Gasteiger partial charge on any atom is -0.365 e. The number of anilines is 1. The third kappa shape index (κ3) is 3.46. The first kappa shape index (κ1) is 13.8. The lowest BCUT2D eigenvalue weighted by Crippen LogP contribution is -2.46. The second-order valence-electron chi connectivity index (χ2n) is 5.12. The summed E-state index contributed by atoms with van der Waals surface area (Å²) in [5.41, 5.74) is 1.31. The maximum absolute atomic E-state index is 3.68. The maximum atomic E-state index is 3.68. The van der Waals surface area contributed by atoms with Crippen LogP contribution in [0.4, 0.5) is 5.69 Å². The van der Waals surface area contributed by atoms with Gasteiger partial charge in [-0.15, -0.1) is 0 Å². The van der Waals surface area contributed by atoms with Gasteiger partial charge in [0.05, 0.1) is 11.7 Å². The van der Waals surface area contributed by atoms with Gasteiger partial charge in [0.2, 0.25) is 0 Å². The lowest BCUT2D eigenvalue weighted by atomic mass is 10.2. The number of likely N-dealkylation sites (N-methyl/N-ethyl adjacent to an activating group) is 1. The molecule has 0 aromatic heterocycles. The summed E-state index contributed by atoms with van der Waals surface area (Å²) in [5, 5.41) is 3.54. The van der Waals surface area contributed by atoms with Crippen LogP contribution in [0.15, 0.2) is 28.7 Å². The summed E-state index contributed by atoms with van der Waals surface area (Å²) in [5.74, 6) is 0. The third-order valence-electron chi connectivity index (χ3n) is 3.31. The zero-order chi connectivity index (χ0) is 13.0. The van der Waals surface area contributed by atoms with Crippen LogP contribution >= 0.6 is 15.9 Å². The van der Waals surface area contributed by atoms with Crippen LogP contribution in [-0.4, -0.2) is 51.2 Å². The van der Waals surface area contributed by atoms with Gasteiger partial charge in [0.1, 0.15) is 0 Å². The van der Waals surface area contributed by atoms with E-state index in [9.17, 15) is 0 Å². The second kappa shape index (κ2) is 6.55. The quantitative estimate of drug-likeness (QED) is 0.923. The number of rotatable bonds is 3. The maximum Gasteiger partial charge on any atom is 0.0541 e. The van der Waals surface area contributed by atoms with Crippen LogP contribution in [0.1, 0.15) is 6.42 Å². The Kier molecular flexibility index (Phi) is 5.03. The van der Waals surface area contributed by atoms with Gasteiger partial charge in [-0.3, -0.25) is 0 Å². The third-order valence-corrected chi connectivity index (χ3v) is 3.98. The fraction of sp³-hybridized carbons (Fsp3) is 0.571. The molecule has 4 heteroatoms. The van der Waals surface area contributed by atoms with Gasteiger partial charge in [-0.2, -0.15) is 0 Å². The molecule has 1 fully saturated rings. The van der Waals surface area contributed by atoms with Gasteiger partial charge in [-0.25, -0.2) is 0 Å². The molecule has 0 bridgehead atoms. The molecule has 0 saturated carbocycles. The van der Waals surface area contributed by atoms with Gasteiger partial charge >= 0.3 is 0 Å². The Balaban J connectivity index is 2.22. The van der Waals surface area contributed by atoms with E-state index < -0.39 is 0 Å². The van der Waals surface area contributed by atoms with Crippen LogP contribution in [-0.2, 0) is 0 Å². The summed E-state index contributed by atoms with van der Waals surface area (Å²) in [6.45, 7) is 4.37. The van der Waals surface area contributed by atoms with Crippen molar-refractivity contribution in [2.75, 3.05) is 45.2 Å². The summed E-state index contributed by atoms with van der Waals surface area (Å²) < 4.78 is 1.19. The lowest BCUT2D eigenvalue weighted by Gasteiger charge is -2.34. The summed E-state index contributed by atoms with van der Waals surface area (Å²) in [4.78, 5) is 4.80. The second-order valence-corrected chi connectivity index (χ2v) is 5.97. The van der Waals surface area contributed by atoms with Crippen molar-refractivity contribution in [2.45, 2.75) is 12.5 Å². The van der Waals surface area contributed by atoms with Gasteiger partial charge in [0, 0.05) is 24.1 Å². The molecular weight excluding hydrogens is 290 g/mol. The normalized spacial score (nSPS) is 21.1. The predicted molar refractivity (Wildman–Crippen MR) is 81.3 cm³/mol. The van der Waals surface area contributed by atoms with Crippen LogP contribution in [0.5, 0.6) is 0 Å². The highest BCUT2D eigenvalue weighted by Gasteiger charge is 2.22. The van der Waals surface area contributed by atoms with Crippen LogP contribution in [0.2, 0.25) is 0 Å². The van der Waals surface area contributed by atoms with Gasteiger partial charge in [0.15, 0.2) is 0 Å². The first-order chi connectivity index (χ1) is 8.68. The highest BCUT2D eigenvalue weighted by molar-refractivity contribution is 9.10. The van der Waals surface area contributed by atoms with Crippen LogP contribution < -0.4 is 10.2 Å². The molecule has 0 aliphatic carbocycles. The number of nitrogens with one attached hydrogen (secondary N) is 1. The number of para-hydroxylation sites is 1. The highest BCUT2D eigenvalue weighted by atomic mass is 79.9. The average molecular weight is 312 g/mol. The van der Waals surface area contributed by atoms with Crippen molar-refractivity contribution >= 4 is 21.6 Å². The first-order valence-electron chi connectivity index (χ1n) is 6.55. The molecule has 3 nitrogen and oxygen atoms in total. The fourth-order valence-corrected chi connectivity index (χ4v) is 3.03. The van der Waals surface area contributed by atoms with E-state index in [0.717, 1.165) is 26.2 Å². The Labute approximate surface area is 118 Å². The van der Waals surface area contributed by atoms with Gasteiger partial charge in [0.25, 0.3) is 0 Å². The van der Waals surface area contributed by atoms with Crippen molar-refractivity contribution in [1.82, 2.24) is 10.2 Å². The summed E-state index contributed by atoms with van der Waals surface area (Å²) >= 11 is 3.68. The van der Waals surface area contributed by atoms with E-state index in [4.69, 9.17) is 0 Å². The van der Waals surface area contributed by atoms with E-state index in [2.05, 4.69) is 69.4 Å². The van der Waals surface area contributed by atoms with Crippen molar-refractivity contribution in [3.05, 3.63) is 28.7 Å². The molecule has 0 radical (unpaired) electrons. The van der Waals surface area contributed by atoms with Gasteiger partial charge in [-0.05, 0) is 55.1 Å². The minimum absolute atomic E-state index is 0.529. The van der Waals surface area contributed by atoms with Gasteiger partial charge in [-0.1, -0.05) is 12.1 Å². The van der Waals surface area contributed by atoms with Crippen molar-refractivity contribution in [2.24, 2.45) is 0 Å². The smallest absolute Gasteiger partial charge is 0.0541 e. The molecule has 1 heterocycles. The summed E-state index contributed by atoms with van der Waals surface area (Å²) in [6.07, 6.45) is 1.20. The molecule has 1 N–H and O–H groups in total. The number of halogens is 1. The molecule has 100 valence electrons. The zero-order valence-electron chi connectivity index (χ0n) is 11.2. The van der Waals surface area contributed by atoms with Crippen LogP contribution in [0, 0.1) is 0 Å². The van der Waals surface area contributed by atoms with E-state index in [1.54, 1.807) is 0 Å². The molecule has 1 aliphatic heterocycles. The van der Waals surface area contributed by atoms with Crippen LogP contribution in [0.25, 0.3) is 0 Å². The average Bonchev–Trinajstić information content (AvgIpc) is 2.55. The Morgan fingerprint density at radius 1 is 1.39 bits per heavy atom. The fourth-order valence-electron chi connectivity index (χ4n) is 2.52. The molecule has 2 rings (SSSR count). The number of nitrogens with zero attached hydrogens (tertiary/aromatic N) is 2. The Bertz CT molecular complexity index is 381. The van der Waals surface area contributed by atoms with E-state index >= 15 is 0 Å². The first-order valence-corrected chi connectivity index (χ1v) is 7.34. The highest BCUT2D eigenvalue weighted by Crippen LogP contribution is 2.28. The lowest BCUT2D eigenvalue weighted by molar-refractivity contribution is 0.361. The van der Waals surface area contributed by atoms with Crippen molar-refractivity contribution < 1.29 is 0 Å². The molecule has 0 amide bonds. The standard InChI is InChI=1S/C14H22BrN3/c1-17(2)11-12-10-16-8-5-9-18(12)14-7-4-3-6-13(14)15/h3-4,6-7,12,16H,5,8-11H2,1-2H3. The van der Waals surface area contributed by atoms with Crippen molar-refractivity contribution in [3.8, 4) is 0 Å². The molecule has 1 unspecified atom stereocenters. The predicted octanol–water partition coefficient (Wildman–Crippen LogP) is 2.18. The SMILES string of the molecule is CN(C)CC1CNCCCN1c1ccccc1Br. The van der Waals surface area contributed by atoms with E-state index in [-0.39, 0.29) is 0 Å². The molecule has 1 aromatic rings. The topological polar surface area (TPSA) is 18.5 Å². The largest absolute Gasteiger partial charge is 0.365 e. The Hall–Kier alpha value is -0.580. The van der Waals surface area contributed by atoms with Gasteiger partial charge < -0.3 is 15.1 Å². The molecule has 0 spiro atoms. The minimum atomic E-state index is 0.529. The zero-order valence-corrected chi connectivity index (χ0v) is 12.8. The molecular formula is C14H22BrN3. The molecule has 1 atom stereocenters. The Morgan fingerprint density at radius 3 is 2.89 bits per heavy atom.